The van der Waals surface area contributed by atoms with Crippen molar-refractivity contribution in [2.45, 2.75) is 6.42 Å². The molecule has 1 amide bonds. The van der Waals surface area contributed by atoms with E-state index in [-0.39, 0.29) is 5.91 Å². The fraction of sp³-hybridized carbons (Fsp3) is 0.417. The van der Waals surface area contributed by atoms with Gasteiger partial charge in [0.1, 0.15) is 0 Å². The summed E-state index contributed by atoms with van der Waals surface area (Å²) >= 11 is -1.59. The van der Waals surface area contributed by atoms with Crippen molar-refractivity contribution < 1.29 is 37.7 Å². The Kier molecular flexibility index (Phi) is 8.70. The van der Waals surface area contributed by atoms with E-state index in [2.05, 4.69) is 8.38 Å². The zero-order valence-corrected chi connectivity index (χ0v) is 12.1. The van der Waals surface area contributed by atoms with Crippen LogP contribution in [0, 0.1) is 0 Å². The van der Waals surface area contributed by atoms with Crippen LogP contribution in [0.2, 0.25) is 0 Å². The maximum atomic E-state index is 11.7. The van der Waals surface area contributed by atoms with Gasteiger partial charge in [-0.05, 0) is 0 Å². The molecule has 1 aromatic carbocycles. The molecule has 1 rings (SSSR count). The van der Waals surface area contributed by atoms with E-state index >= 15 is 0 Å². The number of amides is 1. The van der Waals surface area contributed by atoms with Crippen LogP contribution in [0.1, 0.15) is 16.8 Å². The standard InChI is InChI=1S/C12H16FINO3/c13-14-18-10-9-17-8-4-7-15-12(16)11-5-2-1-3-6-11/h1-3,5-6H,4,7-10H2,(H,15,16)/q-1. The van der Waals surface area contributed by atoms with Gasteiger partial charge in [-0.3, -0.25) is 0 Å². The second-order valence-corrected chi connectivity index (χ2v) is 4.42. The van der Waals surface area contributed by atoms with E-state index in [1.165, 1.54) is 0 Å². The third kappa shape index (κ3) is 6.87. The molecule has 102 valence electrons. The van der Waals surface area contributed by atoms with Gasteiger partial charge in [0.25, 0.3) is 0 Å². The molecular formula is C12H16FINO3-. The normalized spacial score (nSPS) is 10.5. The van der Waals surface area contributed by atoms with E-state index in [9.17, 15) is 7.65 Å². The van der Waals surface area contributed by atoms with Gasteiger partial charge in [0.2, 0.25) is 0 Å². The van der Waals surface area contributed by atoms with Crippen LogP contribution >= 0.6 is 0 Å². The number of halogens is 2. The van der Waals surface area contributed by atoms with E-state index in [1.807, 2.05) is 18.2 Å². The summed E-state index contributed by atoms with van der Waals surface area (Å²) in [5.41, 5.74) is 0.652. The first-order valence-corrected chi connectivity index (χ1v) is 7.33. The monoisotopic (exact) mass is 368 g/mol. The predicted octanol–water partition coefficient (Wildman–Crippen LogP) is -1.27. The summed E-state index contributed by atoms with van der Waals surface area (Å²) in [4.78, 5) is 11.6. The zero-order chi connectivity index (χ0) is 13.1. The summed E-state index contributed by atoms with van der Waals surface area (Å²) in [6.07, 6.45) is 0.725. The minimum atomic E-state index is -1.59. The van der Waals surface area contributed by atoms with Crippen LogP contribution in [-0.4, -0.2) is 32.3 Å². The number of rotatable bonds is 9. The van der Waals surface area contributed by atoms with Crippen LogP contribution in [0.25, 0.3) is 0 Å². The predicted molar refractivity (Wildman–Crippen MR) is 61.3 cm³/mol. The van der Waals surface area contributed by atoms with Crippen molar-refractivity contribution in [1.29, 1.82) is 0 Å². The maximum absolute atomic E-state index is 11.7. The van der Waals surface area contributed by atoms with Crippen molar-refractivity contribution in [3.05, 3.63) is 35.9 Å². The second kappa shape index (κ2) is 10.2. The van der Waals surface area contributed by atoms with Gasteiger partial charge in [-0.1, -0.05) is 6.07 Å². The van der Waals surface area contributed by atoms with Crippen molar-refractivity contribution in [1.82, 2.24) is 5.32 Å². The fourth-order valence-corrected chi connectivity index (χ4v) is 1.64. The van der Waals surface area contributed by atoms with Crippen LogP contribution in [0.5, 0.6) is 0 Å². The van der Waals surface area contributed by atoms with Gasteiger partial charge >= 0.3 is 111 Å². The van der Waals surface area contributed by atoms with Gasteiger partial charge in [-0.2, -0.15) is 0 Å². The molecule has 18 heavy (non-hydrogen) atoms. The van der Waals surface area contributed by atoms with E-state index in [0.717, 1.165) is 6.42 Å². The van der Waals surface area contributed by atoms with Crippen molar-refractivity contribution >= 4 is 5.91 Å². The first-order valence-electron chi connectivity index (χ1n) is 5.63. The first-order chi connectivity index (χ1) is 8.84. The number of benzene rings is 1. The molecule has 0 radical (unpaired) electrons. The van der Waals surface area contributed by atoms with Crippen LogP contribution in [0.3, 0.4) is 0 Å². The Morgan fingerprint density at radius 2 is 2.00 bits per heavy atom. The number of nitrogens with one attached hydrogen (secondary N) is 1. The molecule has 0 heterocycles. The topological polar surface area (TPSA) is 47.6 Å². The number of carbonyl (C=O) groups excluding carboxylic acids is 1. The summed E-state index contributed by atoms with van der Waals surface area (Å²) in [6, 6.07) is 9.05. The molecular weight excluding hydrogens is 352 g/mol. The van der Waals surface area contributed by atoms with Crippen LogP contribution in [-0.2, 0) is 7.80 Å². The Labute approximate surface area is 117 Å². The summed E-state index contributed by atoms with van der Waals surface area (Å²) in [5, 5.41) is 2.80. The molecule has 6 heteroatoms. The Balaban J connectivity index is 2.00. The molecule has 4 nitrogen and oxygen atoms in total. The number of ether oxygens (including phenoxy) is 1. The summed E-state index contributed by atoms with van der Waals surface area (Å²) in [6.45, 7) is 1.80. The molecule has 1 N–H and O–H groups in total. The molecule has 1 aromatic rings. The average Bonchev–Trinajstić information content (AvgIpc) is 2.42. The van der Waals surface area contributed by atoms with Crippen LogP contribution in [0.4, 0.5) is 2.86 Å². The summed E-state index contributed by atoms with van der Waals surface area (Å²) in [5.74, 6) is -0.0823. The van der Waals surface area contributed by atoms with E-state index < -0.39 is 22.2 Å². The second-order valence-electron chi connectivity index (χ2n) is 3.46. The molecule has 0 aliphatic carbocycles. The van der Waals surface area contributed by atoms with Crippen molar-refractivity contribution in [3.8, 4) is 0 Å². The SMILES string of the molecule is O=C(NCCCOCCO[I-]F)c1ccccc1. The van der Waals surface area contributed by atoms with Gasteiger partial charge in [-0.25, -0.2) is 0 Å². The average molecular weight is 368 g/mol. The molecule has 0 aliphatic rings. The van der Waals surface area contributed by atoms with E-state index in [0.29, 0.717) is 31.9 Å². The van der Waals surface area contributed by atoms with Gasteiger partial charge in [0, 0.05) is 0 Å². The molecule has 0 fully saturated rings. The molecule has 0 spiro atoms. The summed E-state index contributed by atoms with van der Waals surface area (Å²) < 4.78 is 21.4. The zero-order valence-electron chi connectivity index (χ0n) is 9.90. The third-order valence-corrected chi connectivity index (χ3v) is 2.81. The number of hydrogen-bond donors (Lipinski definition) is 1. The van der Waals surface area contributed by atoms with Crippen LogP contribution < -0.4 is 27.5 Å². The number of carbonyl (C=O) groups is 1. The minimum absolute atomic E-state index is 0.0823. The molecule has 0 aliphatic heterocycles. The first kappa shape index (κ1) is 15.3. The van der Waals surface area contributed by atoms with Gasteiger partial charge in [0.05, 0.1) is 0 Å². The van der Waals surface area contributed by atoms with Gasteiger partial charge < -0.3 is 0 Å². The van der Waals surface area contributed by atoms with Crippen molar-refractivity contribution in [2.75, 3.05) is 26.4 Å². The third-order valence-electron chi connectivity index (χ3n) is 2.13. The quantitative estimate of drug-likeness (QED) is 0.437. The molecule has 0 atom stereocenters. The summed E-state index contributed by atoms with van der Waals surface area (Å²) in [7, 11) is 0. The van der Waals surface area contributed by atoms with Gasteiger partial charge in [0.15, 0.2) is 0 Å². The van der Waals surface area contributed by atoms with E-state index in [4.69, 9.17) is 4.74 Å². The van der Waals surface area contributed by atoms with Gasteiger partial charge in [-0.15, -0.1) is 0 Å². The van der Waals surface area contributed by atoms with E-state index in [1.54, 1.807) is 12.1 Å². The van der Waals surface area contributed by atoms with Crippen molar-refractivity contribution in [2.24, 2.45) is 0 Å². The molecule has 0 bridgehead atoms. The Hall–Kier alpha value is -0.730. The Bertz CT molecular complexity index is 337. The Morgan fingerprint density at radius 1 is 1.22 bits per heavy atom. The fourth-order valence-electron chi connectivity index (χ4n) is 1.29. The Morgan fingerprint density at radius 3 is 2.72 bits per heavy atom. The molecule has 0 saturated carbocycles. The van der Waals surface area contributed by atoms with Crippen molar-refractivity contribution in [3.63, 3.8) is 0 Å². The number of hydrogen-bond acceptors (Lipinski definition) is 3. The molecule has 0 saturated heterocycles. The molecule has 0 unspecified atom stereocenters. The van der Waals surface area contributed by atoms with Crippen LogP contribution in [0.15, 0.2) is 30.3 Å². The molecule has 0 aromatic heterocycles.